The number of hydrogen-bond acceptors (Lipinski definition) is 4. The third-order valence-corrected chi connectivity index (χ3v) is 3.29. The van der Waals surface area contributed by atoms with Crippen molar-refractivity contribution in [2.45, 2.75) is 13.3 Å². The fraction of sp³-hybridized carbons (Fsp3) is 0.471. The second kappa shape index (κ2) is 12.0. The van der Waals surface area contributed by atoms with Crippen LogP contribution in [0.5, 0.6) is 0 Å². The molecule has 1 aromatic carbocycles. The summed E-state index contributed by atoms with van der Waals surface area (Å²) in [6, 6.07) is 8.18. The maximum Gasteiger partial charge on any atom is 0.216 e. The van der Waals surface area contributed by atoms with Gasteiger partial charge >= 0.3 is 0 Å². The SMILES string of the molecule is CC(=O)NCCc1c[nH]c2ccccc12.COCCOCCS. The molecule has 1 amide bonds. The first-order valence-electron chi connectivity index (χ1n) is 7.66. The third kappa shape index (κ3) is 8.06. The number of thiol groups is 1. The lowest BCUT2D eigenvalue weighted by atomic mass is 10.1. The Hall–Kier alpha value is -1.50. The van der Waals surface area contributed by atoms with Crippen molar-refractivity contribution < 1.29 is 14.3 Å². The van der Waals surface area contributed by atoms with Gasteiger partial charge in [-0.15, -0.1) is 0 Å². The van der Waals surface area contributed by atoms with E-state index in [4.69, 9.17) is 9.47 Å². The molecule has 2 rings (SSSR count). The van der Waals surface area contributed by atoms with Crippen molar-refractivity contribution in [1.82, 2.24) is 10.3 Å². The molecule has 0 aliphatic carbocycles. The Morgan fingerprint density at radius 3 is 2.74 bits per heavy atom. The van der Waals surface area contributed by atoms with Crippen LogP contribution in [0.4, 0.5) is 0 Å². The molecule has 2 aromatic rings. The summed E-state index contributed by atoms with van der Waals surface area (Å²) >= 11 is 3.96. The van der Waals surface area contributed by atoms with E-state index < -0.39 is 0 Å². The maximum absolute atomic E-state index is 10.7. The van der Waals surface area contributed by atoms with Crippen LogP contribution < -0.4 is 5.32 Å². The fourth-order valence-corrected chi connectivity index (χ4v) is 2.15. The van der Waals surface area contributed by atoms with Crippen LogP contribution in [0.2, 0.25) is 0 Å². The van der Waals surface area contributed by atoms with E-state index in [1.165, 1.54) is 17.9 Å². The summed E-state index contributed by atoms with van der Waals surface area (Å²) in [4.78, 5) is 13.9. The molecular weight excluding hydrogens is 312 g/mol. The molecule has 6 heteroatoms. The number of benzene rings is 1. The smallest absolute Gasteiger partial charge is 0.216 e. The number of amides is 1. The van der Waals surface area contributed by atoms with E-state index in [1.54, 1.807) is 7.11 Å². The van der Waals surface area contributed by atoms with E-state index in [1.807, 2.05) is 18.3 Å². The molecule has 0 aliphatic heterocycles. The number of carbonyl (C=O) groups is 1. The average Bonchev–Trinajstić information content (AvgIpc) is 2.96. The zero-order chi connectivity index (χ0) is 16.9. The molecular formula is C17H26N2O3S. The number of aromatic nitrogens is 1. The predicted octanol–water partition coefficient (Wildman–Crippen LogP) is 2.43. The summed E-state index contributed by atoms with van der Waals surface area (Å²) in [5.74, 6) is 0.804. The molecule has 1 heterocycles. The standard InChI is InChI=1S/C12H14N2O.C5H12O2S/c1-9(15)13-7-6-10-8-14-12-5-3-2-4-11(10)12;1-6-2-3-7-4-5-8/h2-5,8,14H,6-7H2,1H3,(H,13,15);8H,2-5H2,1H3. The van der Waals surface area contributed by atoms with Gasteiger partial charge in [0.05, 0.1) is 19.8 Å². The average molecular weight is 338 g/mol. The molecule has 0 spiro atoms. The van der Waals surface area contributed by atoms with Crippen LogP contribution in [-0.2, 0) is 20.7 Å². The summed E-state index contributed by atoms with van der Waals surface area (Å²) < 4.78 is 9.76. The number of hydrogen-bond donors (Lipinski definition) is 3. The zero-order valence-electron chi connectivity index (χ0n) is 13.8. The Balaban J connectivity index is 0.000000284. The summed E-state index contributed by atoms with van der Waals surface area (Å²) in [6.07, 6.45) is 2.87. The molecule has 128 valence electrons. The van der Waals surface area contributed by atoms with E-state index in [0.717, 1.165) is 17.7 Å². The van der Waals surface area contributed by atoms with E-state index in [0.29, 0.717) is 26.4 Å². The second-order valence-electron chi connectivity index (χ2n) is 4.92. The van der Waals surface area contributed by atoms with Crippen molar-refractivity contribution in [2.75, 3.05) is 39.2 Å². The molecule has 0 atom stereocenters. The summed E-state index contributed by atoms with van der Waals surface area (Å²) in [6.45, 7) is 4.30. The number of ether oxygens (including phenoxy) is 2. The van der Waals surface area contributed by atoms with E-state index >= 15 is 0 Å². The first-order chi connectivity index (χ1) is 11.2. The number of para-hydroxylation sites is 1. The molecule has 1 aromatic heterocycles. The largest absolute Gasteiger partial charge is 0.382 e. The molecule has 0 radical (unpaired) electrons. The second-order valence-corrected chi connectivity index (χ2v) is 5.37. The molecule has 0 fully saturated rings. The van der Waals surface area contributed by atoms with Gasteiger partial charge in [0.25, 0.3) is 0 Å². The molecule has 0 bridgehead atoms. The number of methoxy groups -OCH3 is 1. The van der Waals surface area contributed by atoms with Gasteiger partial charge in [0, 0.05) is 43.4 Å². The molecule has 0 saturated carbocycles. The van der Waals surface area contributed by atoms with E-state index in [-0.39, 0.29) is 5.91 Å². The molecule has 0 saturated heterocycles. The van der Waals surface area contributed by atoms with Crippen LogP contribution in [0, 0.1) is 0 Å². The first-order valence-corrected chi connectivity index (χ1v) is 8.29. The molecule has 0 aliphatic rings. The minimum absolute atomic E-state index is 0.0230. The lowest BCUT2D eigenvalue weighted by molar-refractivity contribution is -0.118. The van der Waals surface area contributed by atoms with Gasteiger partial charge in [0.15, 0.2) is 0 Å². The lowest BCUT2D eigenvalue weighted by Gasteiger charge is -2.00. The van der Waals surface area contributed by atoms with Gasteiger partial charge < -0.3 is 19.8 Å². The van der Waals surface area contributed by atoms with Crippen molar-refractivity contribution in [3.63, 3.8) is 0 Å². The lowest BCUT2D eigenvalue weighted by Crippen LogP contribution is -2.22. The Bertz CT molecular complexity index is 566. The highest BCUT2D eigenvalue weighted by Gasteiger charge is 2.02. The Morgan fingerprint density at radius 2 is 2.04 bits per heavy atom. The van der Waals surface area contributed by atoms with Crippen LogP contribution in [0.3, 0.4) is 0 Å². The minimum Gasteiger partial charge on any atom is -0.382 e. The topological polar surface area (TPSA) is 63.4 Å². The number of fused-ring (bicyclic) bond motifs is 1. The Kier molecular flexibility index (Phi) is 10.2. The molecule has 0 unspecified atom stereocenters. The maximum atomic E-state index is 10.7. The fourth-order valence-electron chi connectivity index (χ4n) is 2.02. The highest BCUT2D eigenvalue weighted by Crippen LogP contribution is 2.17. The molecule has 2 N–H and O–H groups in total. The summed E-state index contributed by atoms with van der Waals surface area (Å²) in [5, 5.41) is 4.03. The molecule has 23 heavy (non-hydrogen) atoms. The normalized spacial score (nSPS) is 10.2. The van der Waals surface area contributed by atoms with Gasteiger partial charge in [-0.3, -0.25) is 4.79 Å². The van der Waals surface area contributed by atoms with Gasteiger partial charge in [-0.1, -0.05) is 18.2 Å². The number of nitrogens with one attached hydrogen (secondary N) is 2. The van der Waals surface area contributed by atoms with Crippen molar-refractivity contribution in [3.05, 3.63) is 36.0 Å². The van der Waals surface area contributed by atoms with Gasteiger partial charge in [-0.25, -0.2) is 0 Å². The van der Waals surface area contributed by atoms with E-state index in [9.17, 15) is 4.79 Å². The monoisotopic (exact) mass is 338 g/mol. The number of rotatable bonds is 8. The van der Waals surface area contributed by atoms with Crippen LogP contribution in [-0.4, -0.2) is 50.1 Å². The number of H-pyrrole nitrogens is 1. The Labute approximate surface area is 143 Å². The van der Waals surface area contributed by atoms with Crippen molar-refractivity contribution in [2.24, 2.45) is 0 Å². The third-order valence-electron chi connectivity index (χ3n) is 3.11. The van der Waals surface area contributed by atoms with Crippen LogP contribution >= 0.6 is 12.6 Å². The van der Waals surface area contributed by atoms with Crippen LogP contribution in [0.1, 0.15) is 12.5 Å². The van der Waals surface area contributed by atoms with Crippen LogP contribution in [0.15, 0.2) is 30.5 Å². The minimum atomic E-state index is 0.0230. The highest BCUT2D eigenvalue weighted by molar-refractivity contribution is 7.80. The van der Waals surface area contributed by atoms with Crippen molar-refractivity contribution >= 4 is 29.4 Å². The highest BCUT2D eigenvalue weighted by atomic mass is 32.1. The summed E-state index contributed by atoms with van der Waals surface area (Å²) in [5.41, 5.74) is 2.40. The van der Waals surface area contributed by atoms with Gasteiger partial charge in [0.2, 0.25) is 5.91 Å². The number of carbonyl (C=O) groups excluding carboxylic acids is 1. The number of aromatic amines is 1. The van der Waals surface area contributed by atoms with Crippen molar-refractivity contribution in [3.8, 4) is 0 Å². The molecule has 5 nitrogen and oxygen atoms in total. The van der Waals surface area contributed by atoms with E-state index in [2.05, 4.69) is 35.1 Å². The predicted molar refractivity (Wildman–Crippen MR) is 97.2 cm³/mol. The van der Waals surface area contributed by atoms with Gasteiger partial charge in [0.1, 0.15) is 0 Å². The van der Waals surface area contributed by atoms with Crippen LogP contribution in [0.25, 0.3) is 10.9 Å². The quantitative estimate of drug-likeness (QED) is 0.512. The van der Waals surface area contributed by atoms with Gasteiger partial charge in [-0.2, -0.15) is 12.6 Å². The zero-order valence-corrected chi connectivity index (χ0v) is 14.7. The van der Waals surface area contributed by atoms with Gasteiger partial charge in [-0.05, 0) is 18.1 Å². The Morgan fingerprint density at radius 1 is 1.26 bits per heavy atom. The van der Waals surface area contributed by atoms with Crippen molar-refractivity contribution in [1.29, 1.82) is 0 Å². The summed E-state index contributed by atoms with van der Waals surface area (Å²) in [7, 11) is 1.66. The first kappa shape index (κ1) is 19.5.